The van der Waals surface area contributed by atoms with Crippen LogP contribution in [0.25, 0.3) is 6.08 Å². The summed E-state index contributed by atoms with van der Waals surface area (Å²) < 4.78 is 17.2. The fraction of sp³-hybridized carbons (Fsp3) is 0.0435. The smallest absolute Gasteiger partial charge is 0.343 e. The molecule has 0 spiro atoms. The highest BCUT2D eigenvalue weighted by molar-refractivity contribution is 9.10. The van der Waals surface area contributed by atoms with Crippen molar-refractivity contribution in [2.45, 2.75) is 0 Å². The summed E-state index contributed by atoms with van der Waals surface area (Å²) >= 11 is 3.33. The Morgan fingerprint density at radius 3 is 2.55 bits per heavy atom. The second-order valence-corrected chi connectivity index (χ2v) is 7.19. The Bertz CT molecular complexity index is 1130. The van der Waals surface area contributed by atoms with E-state index in [0.717, 1.165) is 10.0 Å². The zero-order chi connectivity index (χ0) is 20.4. The van der Waals surface area contributed by atoms with Gasteiger partial charge < -0.3 is 14.2 Å². The highest BCUT2D eigenvalue weighted by Crippen LogP contribution is 2.35. The molecule has 0 N–H and O–H groups in total. The number of fused-ring (bicyclic) bond motifs is 1. The summed E-state index contributed by atoms with van der Waals surface area (Å²) in [6, 6.07) is 18.9. The van der Waals surface area contributed by atoms with E-state index >= 15 is 0 Å². The van der Waals surface area contributed by atoms with Crippen LogP contribution in [-0.2, 0) is 0 Å². The van der Waals surface area contributed by atoms with Crippen molar-refractivity contribution in [2.24, 2.45) is 0 Å². The Morgan fingerprint density at radius 2 is 1.79 bits per heavy atom. The maximum Gasteiger partial charge on any atom is 0.343 e. The molecule has 5 nitrogen and oxygen atoms in total. The van der Waals surface area contributed by atoms with Crippen LogP contribution < -0.4 is 14.2 Å². The Kier molecular flexibility index (Phi) is 5.18. The van der Waals surface area contributed by atoms with E-state index in [2.05, 4.69) is 15.9 Å². The van der Waals surface area contributed by atoms with E-state index in [1.54, 1.807) is 55.7 Å². The van der Waals surface area contributed by atoms with Crippen molar-refractivity contribution >= 4 is 33.8 Å². The maximum absolute atomic E-state index is 12.6. The molecule has 0 aliphatic carbocycles. The number of Topliss-reactive ketones (excluding diaryl/α,β-unsaturated/α-hetero) is 1. The van der Waals surface area contributed by atoms with Gasteiger partial charge in [-0.05, 0) is 60.2 Å². The average molecular weight is 451 g/mol. The third-order valence-electron chi connectivity index (χ3n) is 4.32. The summed E-state index contributed by atoms with van der Waals surface area (Å²) in [6.45, 7) is 0. The van der Waals surface area contributed by atoms with Crippen LogP contribution in [-0.4, -0.2) is 18.9 Å². The molecule has 6 heteroatoms. The lowest BCUT2D eigenvalue weighted by Crippen LogP contribution is -2.08. The molecule has 0 radical (unpaired) electrons. The van der Waals surface area contributed by atoms with Crippen LogP contribution in [0.5, 0.6) is 17.2 Å². The molecule has 0 amide bonds. The van der Waals surface area contributed by atoms with Gasteiger partial charge in [0.15, 0.2) is 5.76 Å². The van der Waals surface area contributed by atoms with Gasteiger partial charge in [0.1, 0.15) is 17.2 Å². The summed E-state index contributed by atoms with van der Waals surface area (Å²) in [6.07, 6.45) is 1.65. The van der Waals surface area contributed by atoms with Gasteiger partial charge in [-0.2, -0.15) is 0 Å². The van der Waals surface area contributed by atoms with Crippen LogP contribution in [0.2, 0.25) is 0 Å². The van der Waals surface area contributed by atoms with E-state index in [1.807, 2.05) is 18.2 Å². The number of methoxy groups -OCH3 is 1. The van der Waals surface area contributed by atoms with E-state index < -0.39 is 5.97 Å². The lowest BCUT2D eigenvalue weighted by Gasteiger charge is -2.06. The number of hydrogen-bond donors (Lipinski definition) is 0. The quantitative estimate of drug-likeness (QED) is 0.306. The molecule has 0 bridgehead atoms. The lowest BCUT2D eigenvalue weighted by molar-refractivity contribution is 0.0734. The molecular weight excluding hydrogens is 436 g/mol. The van der Waals surface area contributed by atoms with Gasteiger partial charge in [0.05, 0.1) is 18.2 Å². The largest absolute Gasteiger partial charge is 0.497 e. The third-order valence-corrected chi connectivity index (χ3v) is 4.85. The van der Waals surface area contributed by atoms with Gasteiger partial charge in [-0.25, -0.2) is 4.79 Å². The predicted molar refractivity (Wildman–Crippen MR) is 111 cm³/mol. The summed E-state index contributed by atoms with van der Waals surface area (Å²) in [5.74, 6) is 0.814. The molecule has 3 aromatic carbocycles. The molecule has 0 saturated carbocycles. The van der Waals surface area contributed by atoms with Gasteiger partial charge in [-0.3, -0.25) is 4.79 Å². The number of halogens is 1. The average Bonchev–Trinajstić information content (AvgIpc) is 3.03. The van der Waals surface area contributed by atoms with Crippen LogP contribution in [0.15, 0.2) is 77.0 Å². The van der Waals surface area contributed by atoms with Crippen molar-refractivity contribution in [3.8, 4) is 17.2 Å². The first-order valence-corrected chi connectivity index (χ1v) is 9.53. The van der Waals surface area contributed by atoms with Crippen LogP contribution in [0.1, 0.15) is 26.3 Å². The van der Waals surface area contributed by atoms with Gasteiger partial charge in [0.2, 0.25) is 5.78 Å². The number of ether oxygens (including phenoxy) is 3. The summed E-state index contributed by atoms with van der Waals surface area (Å²) in [4.78, 5) is 24.9. The van der Waals surface area contributed by atoms with E-state index in [1.165, 1.54) is 6.07 Å². The SMILES string of the molecule is COc1cccc(C=C2Oc3cc(OC(=O)c4ccc(Br)cc4)ccc3C2=O)c1. The Hall–Kier alpha value is -3.38. The zero-order valence-electron chi connectivity index (χ0n) is 15.3. The van der Waals surface area contributed by atoms with Gasteiger partial charge in [-0.1, -0.05) is 28.1 Å². The zero-order valence-corrected chi connectivity index (χ0v) is 16.9. The molecular formula is C23H15BrO5. The van der Waals surface area contributed by atoms with Crippen LogP contribution >= 0.6 is 15.9 Å². The first-order chi connectivity index (χ1) is 14.0. The highest BCUT2D eigenvalue weighted by Gasteiger charge is 2.28. The van der Waals surface area contributed by atoms with Gasteiger partial charge in [0.25, 0.3) is 0 Å². The first-order valence-electron chi connectivity index (χ1n) is 8.73. The number of benzene rings is 3. The minimum Gasteiger partial charge on any atom is -0.497 e. The topological polar surface area (TPSA) is 61.8 Å². The number of ketones is 1. The highest BCUT2D eigenvalue weighted by atomic mass is 79.9. The minimum atomic E-state index is -0.492. The normalized spacial score (nSPS) is 13.7. The summed E-state index contributed by atoms with van der Waals surface area (Å²) in [7, 11) is 1.58. The van der Waals surface area contributed by atoms with Gasteiger partial charge in [0, 0.05) is 10.5 Å². The first kappa shape index (κ1) is 19.0. The second kappa shape index (κ2) is 7.93. The number of hydrogen-bond acceptors (Lipinski definition) is 5. The Balaban J connectivity index is 1.54. The molecule has 0 unspecified atom stereocenters. The van der Waals surface area contributed by atoms with Crippen molar-refractivity contribution in [1.29, 1.82) is 0 Å². The minimum absolute atomic E-state index is 0.199. The van der Waals surface area contributed by atoms with Crippen LogP contribution in [0.3, 0.4) is 0 Å². The van der Waals surface area contributed by atoms with Crippen LogP contribution in [0, 0.1) is 0 Å². The number of carbonyl (C=O) groups is 2. The molecule has 1 aliphatic heterocycles. The maximum atomic E-state index is 12.6. The van der Waals surface area contributed by atoms with E-state index in [9.17, 15) is 9.59 Å². The molecule has 0 aromatic heterocycles. The third kappa shape index (κ3) is 4.07. The fourth-order valence-corrected chi connectivity index (χ4v) is 3.13. The molecule has 0 saturated heterocycles. The number of rotatable bonds is 4. The summed E-state index contributed by atoms with van der Waals surface area (Å²) in [5, 5.41) is 0. The second-order valence-electron chi connectivity index (χ2n) is 6.27. The van der Waals surface area contributed by atoms with Crippen molar-refractivity contribution < 1.29 is 23.8 Å². The summed E-state index contributed by atoms with van der Waals surface area (Å²) in [5.41, 5.74) is 1.62. The monoisotopic (exact) mass is 450 g/mol. The molecule has 1 heterocycles. The Labute approximate surface area is 175 Å². The van der Waals surface area contributed by atoms with E-state index in [-0.39, 0.29) is 11.5 Å². The standard InChI is InChI=1S/C23H15BrO5/c1-27-17-4-2-3-14(11-17)12-21-22(25)19-10-9-18(13-20(19)29-21)28-23(26)15-5-7-16(24)8-6-15/h2-13H,1H3. The number of allylic oxidation sites excluding steroid dienone is 1. The van der Waals surface area contributed by atoms with Gasteiger partial charge >= 0.3 is 5.97 Å². The fourth-order valence-electron chi connectivity index (χ4n) is 2.87. The Morgan fingerprint density at radius 1 is 1.00 bits per heavy atom. The molecule has 4 rings (SSSR count). The van der Waals surface area contributed by atoms with Gasteiger partial charge in [-0.15, -0.1) is 0 Å². The molecule has 3 aromatic rings. The lowest BCUT2D eigenvalue weighted by atomic mass is 10.1. The van der Waals surface area contributed by atoms with Crippen molar-refractivity contribution in [2.75, 3.05) is 7.11 Å². The van der Waals surface area contributed by atoms with Crippen LogP contribution in [0.4, 0.5) is 0 Å². The number of carbonyl (C=O) groups excluding carboxylic acids is 2. The van der Waals surface area contributed by atoms with E-state index in [0.29, 0.717) is 28.4 Å². The molecule has 0 fully saturated rings. The van der Waals surface area contributed by atoms with E-state index in [4.69, 9.17) is 14.2 Å². The molecule has 144 valence electrons. The van der Waals surface area contributed by atoms with Crippen molar-refractivity contribution in [1.82, 2.24) is 0 Å². The predicted octanol–water partition coefficient (Wildman–Crippen LogP) is 5.29. The molecule has 29 heavy (non-hydrogen) atoms. The molecule has 0 atom stereocenters. The number of esters is 1. The van der Waals surface area contributed by atoms with Crippen molar-refractivity contribution in [3.63, 3.8) is 0 Å². The molecule has 1 aliphatic rings. The van der Waals surface area contributed by atoms with Crippen molar-refractivity contribution in [3.05, 3.63) is 93.7 Å².